The van der Waals surface area contributed by atoms with E-state index >= 15 is 0 Å². The second-order valence-electron chi connectivity index (χ2n) is 4.50. The van der Waals surface area contributed by atoms with Crippen LogP contribution in [-0.4, -0.2) is 23.0 Å². The molecule has 0 fully saturated rings. The first-order valence-electron chi connectivity index (χ1n) is 6.26. The summed E-state index contributed by atoms with van der Waals surface area (Å²) >= 11 is 0. The minimum Gasteiger partial charge on any atom is -0.464 e. The third-order valence-corrected chi connectivity index (χ3v) is 3.03. The van der Waals surface area contributed by atoms with Gasteiger partial charge in [-0.25, -0.2) is 4.79 Å². The molecule has 0 bridgehead atoms. The van der Waals surface area contributed by atoms with E-state index in [1.807, 2.05) is 0 Å². The fourth-order valence-electron chi connectivity index (χ4n) is 1.94. The Morgan fingerprint density at radius 1 is 1.38 bits per heavy atom. The van der Waals surface area contributed by atoms with Gasteiger partial charge in [-0.3, -0.25) is 10.1 Å². The molecule has 7 nitrogen and oxygen atoms in total. The maximum Gasteiger partial charge on any atom is 0.354 e. The predicted molar refractivity (Wildman–Crippen MR) is 77.3 cm³/mol. The summed E-state index contributed by atoms with van der Waals surface area (Å²) in [7, 11) is 1.32. The summed E-state index contributed by atoms with van der Waals surface area (Å²) in [6.45, 7) is 2.15. The van der Waals surface area contributed by atoms with E-state index in [0.717, 1.165) is 11.4 Å². The van der Waals surface area contributed by atoms with Crippen molar-refractivity contribution in [3.63, 3.8) is 0 Å². The Morgan fingerprint density at radius 3 is 2.76 bits per heavy atom. The zero-order chi connectivity index (χ0) is 15.4. The second-order valence-corrected chi connectivity index (χ2v) is 4.50. The number of carbonyl (C=O) groups excluding carboxylic acids is 1. The monoisotopic (exact) mass is 289 g/mol. The summed E-state index contributed by atoms with van der Waals surface area (Å²) in [4.78, 5) is 24.6. The average molecular weight is 289 g/mol. The Kier molecular flexibility index (Phi) is 4.22. The summed E-state index contributed by atoms with van der Waals surface area (Å²) in [6, 6.07) is 8.24. The quantitative estimate of drug-likeness (QED) is 0.501. The van der Waals surface area contributed by atoms with Crippen molar-refractivity contribution >= 4 is 17.3 Å². The Hall–Kier alpha value is -2.83. The number of anilines is 1. The molecule has 0 aliphatic rings. The molecule has 0 spiro atoms. The highest BCUT2D eigenvalue weighted by Crippen LogP contribution is 2.21. The van der Waals surface area contributed by atoms with Crippen molar-refractivity contribution in [3.8, 4) is 0 Å². The maximum absolute atomic E-state index is 11.3. The molecule has 7 heteroatoms. The van der Waals surface area contributed by atoms with Crippen LogP contribution in [0.4, 0.5) is 11.4 Å². The van der Waals surface area contributed by atoms with Crippen molar-refractivity contribution in [1.29, 1.82) is 0 Å². The fraction of sp³-hybridized carbons (Fsp3) is 0.214. The van der Waals surface area contributed by atoms with Gasteiger partial charge < -0.3 is 15.0 Å². The number of nitrogens with one attached hydrogen (secondary N) is 2. The Bertz CT molecular complexity index is 679. The SMILES string of the molecule is COC(=O)c1ccc(CNc2ccc([N+](=O)[O-])c(C)c2)[nH]1. The van der Waals surface area contributed by atoms with Crippen LogP contribution in [0.15, 0.2) is 30.3 Å². The Morgan fingerprint density at radius 2 is 2.14 bits per heavy atom. The molecule has 1 aromatic heterocycles. The lowest BCUT2D eigenvalue weighted by Crippen LogP contribution is -2.04. The van der Waals surface area contributed by atoms with E-state index in [0.29, 0.717) is 17.8 Å². The van der Waals surface area contributed by atoms with Crippen molar-refractivity contribution in [3.05, 3.63) is 57.4 Å². The number of nitrogens with zero attached hydrogens (tertiary/aromatic N) is 1. The van der Waals surface area contributed by atoms with E-state index < -0.39 is 10.9 Å². The van der Waals surface area contributed by atoms with E-state index in [1.165, 1.54) is 13.2 Å². The second kappa shape index (κ2) is 6.08. The third-order valence-electron chi connectivity index (χ3n) is 3.03. The lowest BCUT2D eigenvalue weighted by Gasteiger charge is -2.06. The number of esters is 1. The van der Waals surface area contributed by atoms with Gasteiger partial charge in [-0.05, 0) is 31.2 Å². The maximum atomic E-state index is 11.3. The summed E-state index contributed by atoms with van der Waals surface area (Å²) < 4.78 is 4.61. The van der Waals surface area contributed by atoms with E-state index in [2.05, 4.69) is 15.0 Å². The van der Waals surface area contributed by atoms with Crippen molar-refractivity contribution in [2.45, 2.75) is 13.5 Å². The molecule has 0 aliphatic carbocycles. The first-order chi connectivity index (χ1) is 10.0. The molecule has 2 N–H and O–H groups in total. The number of aryl methyl sites for hydroxylation is 1. The van der Waals surface area contributed by atoms with E-state index in [9.17, 15) is 14.9 Å². The lowest BCUT2D eigenvalue weighted by atomic mass is 10.2. The number of aromatic amines is 1. The van der Waals surface area contributed by atoms with Crippen molar-refractivity contribution in [2.75, 3.05) is 12.4 Å². The third kappa shape index (κ3) is 3.38. The van der Waals surface area contributed by atoms with Crippen LogP contribution in [0.25, 0.3) is 0 Å². The smallest absolute Gasteiger partial charge is 0.354 e. The van der Waals surface area contributed by atoms with Crippen LogP contribution in [0.5, 0.6) is 0 Å². The molecule has 0 unspecified atom stereocenters. The number of hydrogen-bond acceptors (Lipinski definition) is 5. The van der Waals surface area contributed by atoms with E-state index in [4.69, 9.17) is 0 Å². The van der Waals surface area contributed by atoms with Crippen LogP contribution in [0.3, 0.4) is 0 Å². The zero-order valence-electron chi connectivity index (χ0n) is 11.7. The molecule has 0 atom stereocenters. The minimum atomic E-state index is -0.424. The van der Waals surface area contributed by atoms with Gasteiger partial charge in [-0.1, -0.05) is 0 Å². The molecule has 110 valence electrons. The summed E-state index contributed by atoms with van der Waals surface area (Å²) in [5.74, 6) is -0.424. The summed E-state index contributed by atoms with van der Waals surface area (Å²) in [5.41, 5.74) is 2.65. The van der Waals surface area contributed by atoms with Crippen molar-refractivity contribution < 1.29 is 14.5 Å². The number of nitro benzene ring substituents is 1. The van der Waals surface area contributed by atoms with Crippen molar-refractivity contribution in [1.82, 2.24) is 4.98 Å². The average Bonchev–Trinajstić information content (AvgIpc) is 2.92. The van der Waals surface area contributed by atoms with Gasteiger partial charge in [-0.15, -0.1) is 0 Å². The largest absolute Gasteiger partial charge is 0.464 e. The number of ether oxygens (including phenoxy) is 1. The number of hydrogen-bond donors (Lipinski definition) is 2. The predicted octanol–water partition coefficient (Wildman–Crippen LogP) is 2.63. The number of rotatable bonds is 5. The topological polar surface area (TPSA) is 97.3 Å². The van der Waals surface area contributed by atoms with Gasteiger partial charge in [0.1, 0.15) is 5.69 Å². The highest BCUT2D eigenvalue weighted by atomic mass is 16.6. The summed E-state index contributed by atoms with van der Waals surface area (Å²) in [5, 5.41) is 13.9. The van der Waals surface area contributed by atoms with E-state index in [1.54, 1.807) is 31.2 Å². The number of carbonyl (C=O) groups is 1. The first-order valence-corrected chi connectivity index (χ1v) is 6.26. The molecule has 1 aromatic carbocycles. The van der Waals surface area contributed by atoms with Gasteiger partial charge in [0.05, 0.1) is 18.6 Å². The van der Waals surface area contributed by atoms with Crippen LogP contribution in [0.1, 0.15) is 21.7 Å². The molecule has 21 heavy (non-hydrogen) atoms. The van der Waals surface area contributed by atoms with Crippen LogP contribution < -0.4 is 5.32 Å². The van der Waals surface area contributed by atoms with Gasteiger partial charge >= 0.3 is 5.97 Å². The normalized spacial score (nSPS) is 10.2. The van der Waals surface area contributed by atoms with Crippen LogP contribution in [0.2, 0.25) is 0 Å². The number of methoxy groups -OCH3 is 1. The molecule has 0 saturated heterocycles. The zero-order valence-corrected chi connectivity index (χ0v) is 11.7. The number of aromatic nitrogens is 1. The van der Waals surface area contributed by atoms with Crippen LogP contribution in [-0.2, 0) is 11.3 Å². The molecule has 2 rings (SSSR count). The van der Waals surface area contributed by atoms with Gasteiger partial charge in [-0.2, -0.15) is 0 Å². The van der Waals surface area contributed by atoms with E-state index in [-0.39, 0.29) is 5.69 Å². The fourth-order valence-corrected chi connectivity index (χ4v) is 1.94. The lowest BCUT2D eigenvalue weighted by molar-refractivity contribution is -0.385. The molecule has 0 radical (unpaired) electrons. The molecule has 1 heterocycles. The van der Waals surface area contributed by atoms with Crippen molar-refractivity contribution in [2.24, 2.45) is 0 Å². The van der Waals surface area contributed by atoms with Crippen LogP contribution in [0, 0.1) is 17.0 Å². The number of nitro groups is 1. The molecular weight excluding hydrogens is 274 g/mol. The first kappa shape index (κ1) is 14.6. The molecule has 0 amide bonds. The minimum absolute atomic E-state index is 0.0911. The molecular formula is C14H15N3O4. The molecule has 0 aliphatic heterocycles. The van der Waals surface area contributed by atoms with Gasteiger partial charge in [0.25, 0.3) is 5.69 Å². The highest BCUT2D eigenvalue weighted by molar-refractivity contribution is 5.87. The molecule has 2 aromatic rings. The highest BCUT2D eigenvalue weighted by Gasteiger charge is 2.11. The van der Waals surface area contributed by atoms with Gasteiger partial charge in [0.2, 0.25) is 0 Å². The van der Waals surface area contributed by atoms with Gasteiger partial charge in [0, 0.05) is 23.0 Å². The number of benzene rings is 1. The standard InChI is InChI=1S/C14H15N3O4/c1-9-7-10(4-6-13(9)17(19)20)15-8-11-3-5-12(16-11)14(18)21-2/h3-7,15-16H,8H2,1-2H3. The van der Waals surface area contributed by atoms with Crippen LogP contribution >= 0.6 is 0 Å². The van der Waals surface area contributed by atoms with Gasteiger partial charge in [0.15, 0.2) is 0 Å². The summed E-state index contributed by atoms with van der Waals surface area (Å²) in [6.07, 6.45) is 0. The number of H-pyrrole nitrogens is 1. The Labute approximate surface area is 121 Å². The Balaban J connectivity index is 2.03. The molecule has 0 saturated carbocycles.